The van der Waals surface area contributed by atoms with Crippen LogP contribution in [0.5, 0.6) is 5.88 Å². The van der Waals surface area contributed by atoms with E-state index in [9.17, 15) is 18.0 Å². The van der Waals surface area contributed by atoms with Crippen LogP contribution in [0.15, 0.2) is 54.6 Å². The highest BCUT2D eigenvalue weighted by Crippen LogP contribution is 2.33. The molecule has 0 unspecified atom stereocenters. The van der Waals surface area contributed by atoms with Crippen molar-refractivity contribution in [3.63, 3.8) is 0 Å². The summed E-state index contributed by atoms with van der Waals surface area (Å²) in [6.07, 6.45) is -4.68. The molecule has 1 amide bonds. The molecule has 10 heteroatoms. The van der Waals surface area contributed by atoms with Crippen molar-refractivity contribution in [3.05, 3.63) is 65.3 Å². The summed E-state index contributed by atoms with van der Waals surface area (Å²) >= 11 is 6.08. The Morgan fingerprint density at radius 3 is 2.57 bits per heavy atom. The monoisotopic (exact) mass is 438 g/mol. The number of rotatable bonds is 6. The molecule has 3 rings (SSSR count). The van der Waals surface area contributed by atoms with Gasteiger partial charge in [-0.25, -0.2) is 0 Å². The Labute approximate surface area is 175 Å². The molecule has 0 atom stereocenters. The molecule has 3 aromatic rings. The third-order valence-electron chi connectivity index (χ3n) is 4.05. The first-order valence-corrected chi connectivity index (χ1v) is 9.15. The normalized spacial score (nSPS) is 11.3. The average Bonchev–Trinajstić information content (AvgIpc) is 3.11. The van der Waals surface area contributed by atoms with Gasteiger partial charge in [-0.1, -0.05) is 29.8 Å². The van der Waals surface area contributed by atoms with Crippen LogP contribution >= 0.6 is 11.6 Å². The van der Waals surface area contributed by atoms with Crippen LogP contribution in [0.1, 0.15) is 5.69 Å². The van der Waals surface area contributed by atoms with Gasteiger partial charge >= 0.3 is 6.18 Å². The van der Waals surface area contributed by atoms with Gasteiger partial charge in [0.05, 0.1) is 10.7 Å². The Bertz CT molecular complexity index is 1050. The molecule has 1 heterocycles. The van der Waals surface area contributed by atoms with Crippen molar-refractivity contribution in [3.8, 4) is 11.6 Å². The molecular weight excluding hydrogens is 421 g/mol. The van der Waals surface area contributed by atoms with Gasteiger partial charge in [0.25, 0.3) is 5.91 Å². The molecule has 30 heavy (non-hydrogen) atoms. The molecule has 2 aromatic carbocycles. The number of alkyl halides is 3. The molecule has 6 nitrogen and oxygen atoms in total. The van der Waals surface area contributed by atoms with Crippen molar-refractivity contribution in [2.45, 2.75) is 6.18 Å². The molecule has 0 saturated carbocycles. The lowest BCUT2D eigenvalue weighted by molar-refractivity contribution is -0.141. The van der Waals surface area contributed by atoms with E-state index < -0.39 is 24.4 Å². The fourth-order valence-corrected chi connectivity index (χ4v) is 2.82. The van der Waals surface area contributed by atoms with Crippen molar-refractivity contribution >= 4 is 28.9 Å². The first kappa shape index (κ1) is 21.5. The van der Waals surface area contributed by atoms with Gasteiger partial charge in [-0.2, -0.15) is 23.0 Å². The molecule has 0 bridgehead atoms. The maximum atomic E-state index is 13.1. The van der Waals surface area contributed by atoms with E-state index >= 15 is 0 Å². The summed E-state index contributed by atoms with van der Waals surface area (Å²) in [4.78, 5) is 14.1. The fraction of sp³-hybridized carbons (Fsp3) is 0.200. The Balaban J connectivity index is 1.79. The van der Waals surface area contributed by atoms with Gasteiger partial charge in [0.2, 0.25) is 5.88 Å². The predicted molar refractivity (Wildman–Crippen MR) is 108 cm³/mol. The maximum absolute atomic E-state index is 13.1. The highest BCUT2D eigenvalue weighted by atomic mass is 35.5. The first-order chi connectivity index (χ1) is 14.1. The molecule has 1 aromatic heterocycles. The first-order valence-electron chi connectivity index (χ1n) is 8.77. The average molecular weight is 439 g/mol. The minimum atomic E-state index is -4.68. The Kier molecular flexibility index (Phi) is 6.21. The number of amides is 1. The number of hydrogen-bond acceptors (Lipinski definition) is 4. The van der Waals surface area contributed by atoms with Crippen LogP contribution in [0.3, 0.4) is 0 Å². The van der Waals surface area contributed by atoms with E-state index in [1.165, 1.54) is 12.1 Å². The van der Waals surface area contributed by atoms with Crippen molar-refractivity contribution in [2.24, 2.45) is 0 Å². The van der Waals surface area contributed by atoms with Crippen LogP contribution in [0.4, 0.5) is 24.5 Å². The molecule has 0 radical (unpaired) electrons. The minimum absolute atomic E-state index is 0.184. The number of hydrogen-bond donors (Lipinski definition) is 1. The van der Waals surface area contributed by atoms with Crippen molar-refractivity contribution in [2.75, 3.05) is 30.9 Å². The van der Waals surface area contributed by atoms with Gasteiger partial charge in [0.1, 0.15) is 0 Å². The van der Waals surface area contributed by atoms with Gasteiger partial charge in [-0.05, 0) is 30.3 Å². The number of benzene rings is 2. The number of nitrogens with zero attached hydrogens (tertiary/aromatic N) is 3. The second-order valence-corrected chi connectivity index (χ2v) is 6.92. The summed E-state index contributed by atoms with van der Waals surface area (Å²) < 4.78 is 45.7. The maximum Gasteiger partial charge on any atom is 0.435 e. The number of carbonyl (C=O) groups is 1. The summed E-state index contributed by atoms with van der Waals surface area (Å²) in [5.41, 5.74) is 0.450. The van der Waals surface area contributed by atoms with Gasteiger partial charge in [-0.15, -0.1) is 0 Å². The van der Waals surface area contributed by atoms with Gasteiger partial charge in [0, 0.05) is 31.5 Å². The largest absolute Gasteiger partial charge is 0.467 e. The number of ether oxygens (including phenoxy) is 1. The lowest BCUT2D eigenvalue weighted by Gasteiger charge is -2.14. The van der Waals surface area contributed by atoms with E-state index in [4.69, 9.17) is 16.3 Å². The molecule has 0 saturated heterocycles. The topological polar surface area (TPSA) is 59.4 Å². The predicted octanol–water partition coefficient (Wildman–Crippen LogP) is 4.63. The lowest BCUT2D eigenvalue weighted by atomic mass is 10.2. The van der Waals surface area contributed by atoms with Gasteiger partial charge in [0.15, 0.2) is 12.3 Å². The molecular formula is C20H18ClF3N4O2. The summed E-state index contributed by atoms with van der Waals surface area (Å²) in [7, 11) is 3.72. The molecule has 1 N–H and O–H groups in total. The highest BCUT2D eigenvalue weighted by Gasteiger charge is 2.36. The zero-order chi connectivity index (χ0) is 21.9. The quantitative estimate of drug-likeness (QED) is 0.609. The van der Waals surface area contributed by atoms with Crippen molar-refractivity contribution in [1.82, 2.24) is 9.78 Å². The van der Waals surface area contributed by atoms with Gasteiger partial charge in [-0.3, -0.25) is 4.79 Å². The standard InChI is InChI=1S/C20H18ClF3N4O2/c1-27(2)14-7-5-6-13(10-14)25-18(29)12-30-19-11-17(20(22,23)24)26-28(19)16-9-4-3-8-15(16)21/h3-11H,12H2,1-2H3,(H,25,29). The third kappa shape index (κ3) is 5.04. The van der Waals surface area contributed by atoms with E-state index in [1.807, 2.05) is 25.1 Å². The van der Waals surface area contributed by atoms with E-state index in [0.29, 0.717) is 5.69 Å². The lowest BCUT2D eigenvalue weighted by Crippen LogP contribution is -2.21. The zero-order valence-electron chi connectivity index (χ0n) is 16.1. The third-order valence-corrected chi connectivity index (χ3v) is 4.36. The second kappa shape index (κ2) is 8.66. The number of anilines is 2. The Morgan fingerprint density at radius 2 is 1.90 bits per heavy atom. The number of halogens is 4. The molecule has 0 aliphatic heterocycles. The van der Waals surface area contributed by atoms with E-state index in [1.54, 1.807) is 30.3 Å². The zero-order valence-corrected chi connectivity index (χ0v) is 16.8. The second-order valence-electron chi connectivity index (χ2n) is 6.51. The number of nitrogens with one attached hydrogen (secondary N) is 1. The van der Waals surface area contributed by atoms with Crippen LogP contribution in [0.25, 0.3) is 5.69 Å². The SMILES string of the molecule is CN(C)c1cccc(NC(=O)COc2cc(C(F)(F)F)nn2-c2ccccc2Cl)c1. The van der Waals surface area contributed by atoms with Crippen LogP contribution < -0.4 is 15.0 Å². The van der Waals surface area contributed by atoms with Crippen LogP contribution in [-0.2, 0) is 11.0 Å². The summed E-state index contributed by atoms with van der Waals surface area (Å²) in [6, 6.07) is 14.1. The Morgan fingerprint density at radius 1 is 1.17 bits per heavy atom. The number of para-hydroxylation sites is 1. The summed E-state index contributed by atoms with van der Waals surface area (Å²) in [5, 5.41) is 6.38. The summed E-state index contributed by atoms with van der Waals surface area (Å²) in [5.74, 6) is -0.793. The summed E-state index contributed by atoms with van der Waals surface area (Å²) in [6.45, 7) is -0.514. The van der Waals surface area contributed by atoms with Crippen LogP contribution in [-0.4, -0.2) is 36.4 Å². The van der Waals surface area contributed by atoms with E-state index in [0.717, 1.165) is 16.4 Å². The van der Waals surface area contributed by atoms with Crippen LogP contribution in [0, 0.1) is 0 Å². The van der Waals surface area contributed by atoms with E-state index in [2.05, 4.69) is 10.4 Å². The fourth-order valence-electron chi connectivity index (χ4n) is 2.60. The van der Waals surface area contributed by atoms with Gasteiger partial charge < -0.3 is 15.0 Å². The highest BCUT2D eigenvalue weighted by molar-refractivity contribution is 6.32. The minimum Gasteiger partial charge on any atom is -0.467 e. The molecule has 0 fully saturated rings. The number of carbonyl (C=O) groups excluding carboxylic acids is 1. The smallest absolute Gasteiger partial charge is 0.435 e. The van der Waals surface area contributed by atoms with Crippen LogP contribution in [0.2, 0.25) is 5.02 Å². The molecule has 0 spiro atoms. The number of aromatic nitrogens is 2. The Hall–Kier alpha value is -3.20. The molecule has 0 aliphatic rings. The molecule has 0 aliphatic carbocycles. The van der Waals surface area contributed by atoms with Crippen molar-refractivity contribution in [1.29, 1.82) is 0 Å². The van der Waals surface area contributed by atoms with Crippen molar-refractivity contribution < 1.29 is 22.7 Å². The molecule has 158 valence electrons. The van der Waals surface area contributed by atoms with E-state index in [-0.39, 0.29) is 16.6 Å².